The maximum atomic E-state index is 12.7. The third-order valence-corrected chi connectivity index (χ3v) is 4.52. The monoisotopic (exact) mass is 465 g/mol. The highest BCUT2D eigenvalue weighted by atomic mass is 19.4. The van der Waals surface area contributed by atoms with Gasteiger partial charge in [0.05, 0.1) is 18.8 Å². The van der Waals surface area contributed by atoms with E-state index in [1.54, 1.807) is 24.3 Å². The molecule has 2 N–H and O–H groups in total. The third kappa shape index (κ3) is 6.53. The van der Waals surface area contributed by atoms with Crippen molar-refractivity contribution in [3.05, 3.63) is 65.5 Å². The molecule has 176 valence electrons. The molecule has 3 rings (SSSR count). The van der Waals surface area contributed by atoms with Crippen LogP contribution in [0.15, 0.2) is 53.1 Å². The number of hydrogen-bond acceptors (Lipinski definition) is 7. The Morgan fingerprint density at radius 2 is 1.82 bits per heavy atom. The summed E-state index contributed by atoms with van der Waals surface area (Å²) in [4.78, 5) is 16.6. The number of amides is 1. The first kappa shape index (κ1) is 24.2. The Morgan fingerprint density at radius 3 is 2.42 bits per heavy atom. The van der Waals surface area contributed by atoms with Gasteiger partial charge in [-0.3, -0.25) is 4.79 Å². The minimum absolute atomic E-state index is 0.0278. The van der Waals surface area contributed by atoms with Gasteiger partial charge in [0.25, 0.3) is 11.8 Å². The lowest BCUT2D eigenvalue weighted by Gasteiger charge is -2.12. The number of aromatic nitrogens is 2. The summed E-state index contributed by atoms with van der Waals surface area (Å²) < 4.78 is 53.9. The van der Waals surface area contributed by atoms with Crippen molar-refractivity contribution in [3.8, 4) is 17.1 Å². The molecule has 0 saturated heterocycles. The molecule has 0 aliphatic rings. The van der Waals surface area contributed by atoms with E-state index >= 15 is 0 Å². The van der Waals surface area contributed by atoms with Crippen LogP contribution in [-0.2, 0) is 10.9 Å². The first-order chi connectivity index (χ1) is 15.8. The zero-order chi connectivity index (χ0) is 23.8. The molecule has 0 unspecified atom stereocenters. The second-order valence-electron chi connectivity index (χ2n) is 6.81. The van der Waals surface area contributed by atoms with Crippen molar-refractivity contribution in [2.24, 2.45) is 0 Å². The van der Waals surface area contributed by atoms with Crippen LogP contribution in [0.4, 0.5) is 13.2 Å². The van der Waals surface area contributed by atoms with E-state index < -0.39 is 30.3 Å². The first-order valence-electron chi connectivity index (χ1n) is 10.1. The molecule has 0 aliphatic carbocycles. The molecule has 11 heteroatoms. The maximum absolute atomic E-state index is 12.7. The Labute approximate surface area is 187 Å². The van der Waals surface area contributed by atoms with Crippen LogP contribution in [0.3, 0.4) is 0 Å². The molecule has 1 atom stereocenters. The van der Waals surface area contributed by atoms with E-state index in [0.717, 1.165) is 12.1 Å². The van der Waals surface area contributed by atoms with Crippen LogP contribution in [0.5, 0.6) is 5.75 Å². The number of aliphatic hydroxyl groups excluding tert-OH is 1. The summed E-state index contributed by atoms with van der Waals surface area (Å²) in [5.41, 5.74) is -0.199. The van der Waals surface area contributed by atoms with Gasteiger partial charge in [-0.25, -0.2) is 0 Å². The summed E-state index contributed by atoms with van der Waals surface area (Å²) in [5.74, 6) is 0.0174. The van der Waals surface area contributed by atoms with Gasteiger partial charge >= 0.3 is 6.18 Å². The number of nitrogens with one attached hydrogen (secondary N) is 1. The van der Waals surface area contributed by atoms with E-state index in [2.05, 4.69) is 15.5 Å². The van der Waals surface area contributed by atoms with Crippen LogP contribution in [0.1, 0.15) is 34.8 Å². The summed E-state index contributed by atoms with van der Waals surface area (Å²) in [6.07, 6.45) is -4.46. The highest BCUT2D eigenvalue weighted by Crippen LogP contribution is 2.30. The van der Waals surface area contributed by atoms with Crippen molar-refractivity contribution in [1.29, 1.82) is 0 Å². The van der Waals surface area contributed by atoms with Gasteiger partial charge in [-0.15, -0.1) is 0 Å². The Morgan fingerprint density at radius 1 is 1.12 bits per heavy atom. The molecule has 0 bridgehead atoms. The largest absolute Gasteiger partial charge is 0.491 e. The fourth-order valence-electron chi connectivity index (χ4n) is 2.79. The van der Waals surface area contributed by atoms with Crippen LogP contribution in [-0.4, -0.2) is 47.6 Å². The van der Waals surface area contributed by atoms with Gasteiger partial charge in [-0.2, -0.15) is 18.2 Å². The maximum Gasteiger partial charge on any atom is 0.416 e. The Kier molecular flexibility index (Phi) is 8.01. The predicted octanol–water partition coefficient (Wildman–Crippen LogP) is 3.63. The Hall–Kier alpha value is -3.44. The van der Waals surface area contributed by atoms with E-state index in [0.29, 0.717) is 36.7 Å². The lowest BCUT2D eigenvalue weighted by molar-refractivity contribution is -0.137. The molecule has 1 aromatic heterocycles. The lowest BCUT2D eigenvalue weighted by Crippen LogP contribution is -2.31. The molecule has 0 fully saturated rings. The number of nitrogens with zero attached hydrogens (tertiary/aromatic N) is 2. The van der Waals surface area contributed by atoms with Crippen LogP contribution in [0, 0.1) is 0 Å². The molecule has 0 saturated carbocycles. The fourth-order valence-corrected chi connectivity index (χ4v) is 2.79. The smallest absolute Gasteiger partial charge is 0.416 e. The number of alkyl halides is 3. The van der Waals surface area contributed by atoms with E-state index in [1.165, 1.54) is 12.1 Å². The van der Waals surface area contributed by atoms with Gasteiger partial charge in [0.1, 0.15) is 18.4 Å². The highest BCUT2D eigenvalue weighted by Gasteiger charge is 2.30. The average molecular weight is 465 g/mol. The van der Waals surface area contributed by atoms with Crippen LogP contribution < -0.4 is 10.1 Å². The summed E-state index contributed by atoms with van der Waals surface area (Å²) in [7, 11) is 0. The zero-order valence-corrected chi connectivity index (χ0v) is 17.6. The van der Waals surface area contributed by atoms with Gasteiger partial charge in [0.2, 0.25) is 5.82 Å². The van der Waals surface area contributed by atoms with E-state index in [1.807, 2.05) is 6.92 Å². The standard InChI is InChI=1S/C22H22F3N3O5/c1-2-31-11-12-32-17-9-5-15(6-10-17)20(30)26-18(13-29)21-27-19(28-33-21)14-3-7-16(8-4-14)22(23,24)25/h3-10,18,29H,2,11-13H2,1H3,(H,26,30)/t18-/m0/s1. The quantitative estimate of drug-likeness (QED) is 0.441. The highest BCUT2D eigenvalue weighted by molar-refractivity contribution is 5.94. The van der Waals surface area contributed by atoms with Crippen molar-refractivity contribution in [1.82, 2.24) is 15.5 Å². The molecule has 0 aliphatic heterocycles. The molecule has 2 aromatic carbocycles. The minimum Gasteiger partial charge on any atom is -0.491 e. The molecule has 1 amide bonds. The summed E-state index contributed by atoms with van der Waals surface area (Å²) >= 11 is 0. The molecule has 8 nitrogen and oxygen atoms in total. The van der Waals surface area contributed by atoms with Crippen LogP contribution in [0.25, 0.3) is 11.4 Å². The third-order valence-electron chi connectivity index (χ3n) is 4.52. The molecular weight excluding hydrogens is 443 g/mol. The summed E-state index contributed by atoms with van der Waals surface area (Å²) in [6.45, 7) is 2.79. The normalized spacial score (nSPS) is 12.4. The molecular formula is C22H22F3N3O5. The van der Waals surface area contributed by atoms with Crippen molar-refractivity contribution >= 4 is 5.91 Å². The summed E-state index contributed by atoms with van der Waals surface area (Å²) in [6, 6.07) is 9.60. The first-order valence-corrected chi connectivity index (χ1v) is 10.1. The lowest BCUT2D eigenvalue weighted by atomic mass is 10.1. The van der Waals surface area contributed by atoms with Crippen molar-refractivity contribution in [2.45, 2.75) is 19.1 Å². The van der Waals surface area contributed by atoms with Gasteiger partial charge in [-0.1, -0.05) is 17.3 Å². The second kappa shape index (κ2) is 10.9. The number of aliphatic hydroxyl groups is 1. The average Bonchev–Trinajstić information content (AvgIpc) is 3.30. The van der Waals surface area contributed by atoms with Gasteiger partial charge in [-0.05, 0) is 43.3 Å². The minimum atomic E-state index is -4.46. The SMILES string of the molecule is CCOCCOc1ccc(C(=O)N[C@@H](CO)c2nc(-c3ccc(C(F)(F)F)cc3)no2)cc1. The number of ether oxygens (including phenoxy) is 2. The predicted molar refractivity (Wildman–Crippen MR) is 110 cm³/mol. The molecule has 3 aromatic rings. The molecule has 33 heavy (non-hydrogen) atoms. The number of benzene rings is 2. The summed E-state index contributed by atoms with van der Waals surface area (Å²) in [5, 5.41) is 16.0. The second-order valence-corrected chi connectivity index (χ2v) is 6.81. The van der Waals surface area contributed by atoms with Crippen LogP contribution in [0.2, 0.25) is 0 Å². The van der Waals surface area contributed by atoms with Gasteiger partial charge < -0.3 is 24.4 Å². The van der Waals surface area contributed by atoms with E-state index in [4.69, 9.17) is 14.0 Å². The van der Waals surface area contributed by atoms with E-state index in [9.17, 15) is 23.1 Å². The number of rotatable bonds is 10. The van der Waals surface area contributed by atoms with E-state index in [-0.39, 0.29) is 11.7 Å². The number of hydrogen-bond donors (Lipinski definition) is 2. The number of halogens is 3. The number of carbonyl (C=O) groups excluding carboxylic acids is 1. The molecule has 1 heterocycles. The van der Waals surface area contributed by atoms with Crippen molar-refractivity contribution in [2.75, 3.05) is 26.4 Å². The number of carbonyl (C=O) groups is 1. The van der Waals surface area contributed by atoms with Crippen molar-refractivity contribution in [3.63, 3.8) is 0 Å². The van der Waals surface area contributed by atoms with Gasteiger partial charge in [0, 0.05) is 17.7 Å². The topological polar surface area (TPSA) is 107 Å². The van der Waals surface area contributed by atoms with Gasteiger partial charge in [0.15, 0.2) is 0 Å². The Balaban J connectivity index is 1.63. The molecule has 0 radical (unpaired) electrons. The molecule has 0 spiro atoms. The van der Waals surface area contributed by atoms with Crippen LogP contribution >= 0.6 is 0 Å². The zero-order valence-electron chi connectivity index (χ0n) is 17.6. The fraction of sp³-hybridized carbons (Fsp3) is 0.318. The Bertz CT molecular complexity index is 1040. The van der Waals surface area contributed by atoms with Crippen molar-refractivity contribution < 1.29 is 37.1 Å².